The maximum Gasteiger partial charge on any atom is 0.306 e. The van der Waals surface area contributed by atoms with Crippen LogP contribution in [0.4, 0.5) is 4.39 Å². The van der Waals surface area contributed by atoms with Gasteiger partial charge in [0.2, 0.25) is 0 Å². The number of carboxylic acid groups (broad SMARTS) is 1. The summed E-state index contributed by atoms with van der Waals surface area (Å²) in [5, 5.41) is 9.61. The smallest absolute Gasteiger partial charge is 0.306 e. The van der Waals surface area contributed by atoms with Crippen LogP contribution in [0.3, 0.4) is 0 Å². The van der Waals surface area contributed by atoms with Gasteiger partial charge in [-0.05, 0) is 43.0 Å². The van der Waals surface area contributed by atoms with E-state index < -0.39 is 17.7 Å². The fourth-order valence-corrected chi connectivity index (χ4v) is 3.28. The SMILES string of the molecule is CC(C(=O)O)C1CCN(C(=O)c2ccnc3ccc(F)cc23)CC1. The number of benzene rings is 1. The van der Waals surface area contributed by atoms with Crippen LogP contribution in [0, 0.1) is 17.7 Å². The molecule has 1 aromatic heterocycles. The van der Waals surface area contributed by atoms with E-state index in [1.54, 1.807) is 30.2 Å². The lowest BCUT2D eigenvalue weighted by molar-refractivity contribution is -0.143. The van der Waals surface area contributed by atoms with Crippen LogP contribution < -0.4 is 0 Å². The molecule has 24 heavy (non-hydrogen) atoms. The maximum atomic E-state index is 13.5. The van der Waals surface area contributed by atoms with Gasteiger partial charge in [0.25, 0.3) is 5.91 Å². The molecule has 0 spiro atoms. The Morgan fingerprint density at radius 1 is 1.29 bits per heavy atom. The molecule has 3 rings (SSSR count). The van der Waals surface area contributed by atoms with E-state index >= 15 is 0 Å². The van der Waals surface area contributed by atoms with Crippen LogP contribution in [-0.4, -0.2) is 40.0 Å². The summed E-state index contributed by atoms with van der Waals surface area (Å²) in [6.07, 6.45) is 2.87. The van der Waals surface area contributed by atoms with Crippen LogP contribution in [-0.2, 0) is 4.79 Å². The number of carbonyl (C=O) groups is 2. The van der Waals surface area contributed by atoms with Crippen molar-refractivity contribution in [2.75, 3.05) is 13.1 Å². The van der Waals surface area contributed by atoms with E-state index in [1.807, 2.05) is 0 Å². The minimum Gasteiger partial charge on any atom is -0.481 e. The zero-order valence-corrected chi connectivity index (χ0v) is 13.4. The van der Waals surface area contributed by atoms with Crippen LogP contribution in [0.1, 0.15) is 30.1 Å². The Balaban J connectivity index is 1.79. The molecule has 2 heterocycles. The van der Waals surface area contributed by atoms with E-state index in [4.69, 9.17) is 5.11 Å². The normalized spacial score (nSPS) is 17.0. The third-order valence-corrected chi connectivity index (χ3v) is 4.86. The molecular weight excluding hydrogens is 311 g/mol. The van der Waals surface area contributed by atoms with Gasteiger partial charge in [0.1, 0.15) is 5.82 Å². The number of hydrogen-bond acceptors (Lipinski definition) is 3. The van der Waals surface area contributed by atoms with Crippen LogP contribution in [0.15, 0.2) is 30.5 Å². The highest BCUT2D eigenvalue weighted by Gasteiger charge is 2.30. The van der Waals surface area contributed by atoms with Gasteiger partial charge in [-0.2, -0.15) is 0 Å². The lowest BCUT2D eigenvalue weighted by atomic mass is 9.85. The molecule has 0 aliphatic carbocycles. The summed E-state index contributed by atoms with van der Waals surface area (Å²) in [4.78, 5) is 29.8. The molecular formula is C18H19FN2O3. The first-order chi connectivity index (χ1) is 11.5. The first-order valence-electron chi connectivity index (χ1n) is 8.03. The topological polar surface area (TPSA) is 70.5 Å². The van der Waals surface area contributed by atoms with Crippen molar-refractivity contribution < 1.29 is 19.1 Å². The van der Waals surface area contributed by atoms with E-state index in [9.17, 15) is 14.0 Å². The highest BCUT2D eigenvalue weighted by Crippen LogP contribution is 2.27. The fourth-order valence-electron chi connectivity index (χ4n) is 3.28. The lowest BCUT2D eigenvalue weighted by Gasteiger charge is -2.33. The molecule has 5 nitrogen and oxygen atoms in total. The van der Waals surface area contributed by atoms with Gasteiger partial charge < -0.3 is 10.0 Å². The average Bonchev–Trinajstić information content (AvgIpc) is 2.60. The van der Waals surface area contributed by atoms with Crippen molar-refractivity contribution in [1.82, 2.24) is 9.88 Å². The summed E-state index contributed by atoms with van der Waals surface area (Å²) in [7, 11) is 0. The highest BCUT2D eigenvalue weighted by molar-refractivity contribution is 6.06. The van der Waals surface area contributed by atoms with E-state index in [1.165, 1.54) is 12.1 Å². The molecule has 1 N–H and O–H groups in total. The van der Waals surface area contributed by atoms with Gasteiger partial charge in [-0.15, -0.1) is 0 Å². The van der Waals surface area contributed by atoms with Gasteiger partial charge in [0.15, 0.2) is 0 Å². The summed E-state index contributed by atoms with van der Waals surface area (Å²) in [5.74, 6) is -1.68. The number of rotatable bonds is 3. The third-order valence-electron chi connectivity index (χ3n) is 4.86. The Kier molecular flexibility index (Phi) is 4.46. The molecule has 1 fully saturated rings. The fraction of sp³-hybridized carbons (Fsp3) is 0.389. The number of carboxylic acids is 1. The predicted octanol–water partition coefficient (Wildman–Crippen LogP) is 2.95. The number of carbonyl (C=O) groups excluding carboxylic acids is 1. The van der Waals surface area contributed by atoms with Gasteiger partial charge in [0, 0.05) is 24.7 Å². The van der Waals surface area contributed by atoms with Crippen molar-refractivity contribution in [2.24, 2.45) is 11.8 Å². The monoisotopic (exact) mass is 330 g/mol. The number of pyridine rings is 1. The number of halogens is 1. The number of fused-ring (bicyclic) bond motifs is 1. The molecule has 126 valence electrons. The third kappa shape index (κ3) is 3.09. The minimum atomic E-state index is -0.796. The summed E-state index contributed by atoms with van der Waals surface area (Å²) in [6, 6.07) is 5.81. The Morgan fingerprint density at radius 3 is 2.67 bits per heavy atom. The van der Waals surface area contributed by atoms with Gasteiger partial charge in [-0.25, -0.2) is 4.39 Å². The van der Waals surface area contributed by atoms with E-state index in [-0.39, 0.29) is 11.8 Å². The van der Waals surface area contributed by atoms with Crippen LogP contribution in [0.25, 0.3) is 10.9 Å². The van der Waals surface area contributed by atoms with Crippen molar-refractivity contribution in [3.05, 3.63) is 41.8 Å². The summed E-state index contributed by atoms with van der Waals surface area (Å²) >= 11 is 0. The number of amides is 1. The zero-order chi connectivity index (χ0) is 17.3. The number of aromatic nitrogens is 1. The predicted molar refractivity (Wildman–Crippen MR) is 87.1 cm³/mol. The van der Waals surface area contributed by atoms with Crippen LogP contribution in [0.5, 0.6) is 0 Å². The number of piperidine rings is 1. The van der Waals surface area contributed by atoms with E-state index in [0.29, 0.717) is 42.4 Å². The van der Waals surface area contributed by atoms with E-state index in [0.717, 1.165) is 0 Å². The Labute approximate surface area is 139 Å². The lowest BCUT2D eigenvalue weighted by Crippen LogP contribution is -2.40. The van der Waals surface area contributed by atoms with Crippen molar-refractivity contribution in [1.29, 1.82) is 0 Å². The number of likely N-dealkylation sites (tertiary alicyclic amines) is 1. The second-order valence-electron chi connectivity index (χ2n) is 6.28. The summed E-state index contributed by atoms with van der Waals surface area (Å²) in [5.41, 5.74) is 1.01. The molecule has 0 saturated carbocycles. The highest BCUT2D eigenvalue weighted by atomic mass is 19.1. The molecule has 1 saturated heterocycles. The Bertz CT molecular complexity index is 785. The quantitative estimate of drug-likeness (QED) is 0.939. The second-order valence-corrected chi connectivity index (χ2v) is 6.28. The molecule has 1 aliphatic heterocycles. The largest absolute Gasteiger partial charge is 0.481 e. The maximum absolute atomic E-state index is 13.5. The first-order valence-corrected chi connectivity index (χ1v) is 8.03. The Hall–Kier alpha value is -2.50. The second kappa shape index (κ2) is 6.55. The molecule has 0 radical (unpaired) electrons. The molecule has 1 atom stereocenters. The van der Waals surface area contributed by atoms with Crippen molar-refractivity contribution in [3.63, 3.8) is 0 Å². The molecule has 1 amide bonds. The first kappa shape index (κ1) is 16.4. The standard InChI is InChI=1S/C18H19FN2O3/c1-11(18(23)24)12-5-8-21(9-6-12)17(22)14-4-7-20-16-3-2-13(19)10-15(14)16/h2-4,7,10-12H,5-6,8-9H2,1H3,(H,23,24). The van der Waals surface area contributed by atoms with Gasteiger partial charge >= 0.3 is 5.97 Å². The Morgan fingerprint density at radius 2 is 2.00 bits per heavy atom. The van der Waals surface area contributed by atoms with Gasteiger partial charge in [-0.1, -0.05) is 6.92 Å². The van der Waals surface area contributed by atoms with Gasteiger partial charge in [0.05, 0.1) is 17.0 Å². The summed E-state index contributed by atoms with van der Waals surface area (Å²) in [6.45, 7) is 2.74. The number of nitrogens with zero attached hydrogens (tertiary/aromatic N) is 2. The summed E-state index contributed by atoms with van der Waals surface area (Å²) < 4.78 is 13.5. The van der Waals surface area contributed by atoms with E-state index in [2.05, 4.69) is 4.98 Å². The molecule has 2 aromatic rings. The van der Waals surface area contributed by atoms with Crippen molar-refractivity contribution in [3.8, 4) is 0 Å². The number of hydrogen-bond donors (Lipinski definition) is 1. The average molecular weight is 330 g/mol. The van der Waals surface area contributed by atoms with Crippen LogP contribution >= 0.6 is 0 Å². The molecule has 1 unspecified atom stereocenters. The molecule has 0 bridgehead atoms. The van der Waals surface area contributed by atoms with Crippen molar-refractivity contribution >= 4 is 22.8 Å². The number of aliphatic carboxylic acids is 1. The molecule has 1 aromatic carbocycles. The zero-order valence-electron chi connectivity index (χ0n) is 13.4. The van der Waals surface area contributed by atoms with Crippen LogP contribution in [0.2, 0.25) is 0 Å². The minimum absolute atomic E-state index is 0.0816. The molecule has 1 aliphatic rings. The van der Waals surface area contributed by atoms with Gasteiger partial charge in [-0.3, -0.25) is 14.6 Å². The van der Waals surface area contributed by atoms with Crippen molar-refractivity contribution in [2.45, 2.75) is 19.8 Å². The molecule has 6 heteroatoms.